The van der Waals surface area contributed by atoms with Gasteiger partial charge >= 0.3 is 0 Å². The minimum atomic E-state index is -0.0684. The molecule has 0 spiro atoms. The molecule has 0 fully saturated rings. The third-order valence-corrected chi connectivity index (χ3v) is 4.47. The average molecular weight is 350 g/mol. The molecule has 5 heteroatoms. The van der Waals surface area contributed by atoms with E-state index < -0.39 is 0 Å². The van der Waals surface area contributed by atoms with Crippen molar-refractivity contribution in [2.45, 2.75) is 19.9 Å². The molecule has 1 aromatic rings. The number of aliphatic hydroxyl groups is 1. The van der Waals surface area contributed by atoms with Crippen LogP contribution in [-0.2, 0) is 0 Å². The fraction of sp³-hybridized carbons (Fsp3) is 0.571. The monoisotopic (exact) mass is 348 g/mol. The van der Waals surface area contributed by atoms with E-state index in [-0.39, 0.29) is 12.6 Å². The molecule has 1 atom stereocenters. The van der Waals surface area contributed by atoms with Gasteiger partial charge in [-0.1, -0.05) is 31.5 Å². The van der Waals surface area contributed by atoms with Gasteiger partial charge in [0.15, 0.2) is 0 Å². The highest BCUT2D eigenvalue weighted by atomic mass is 79.9. The second-order valence-corrected chi connectivity index (χ2v) is 5.65. The topological polar surface area (TPSA) is 35.5 Å². The van der Waals surface area contributed by atoms with Crippen LogP contribution in [0.3, 0.4) is 0 Å². The minimum Gasteiger partial charge on any atom is -0.394 e. The number of nitrogens with zero attached hydrogens (tertiary/aromatic N) is 1. The first kappa shape index (κ1) is 16.9. The molecule has 0 aliphatic carbocycles. The van der Waals surface area contributed by atoms with Gasteiger partial charge in [-0.3, -0.25) is 0 Å². The van der Waals surface area contributed by atoms with E-state index in [1.807, 2.05) is 18.2 Å². The summed E-state index contributed by atoms with van der Waals surface area (Å²) in [6.07, 6.45) is 0. The Morgan fingerprint density at radius 3 is 2.58 bits per heavy atom. The minimum absolute atomic E-state index is 0.0657. The first-order valence-electron chi connectivity index (χ1n) is 6.63. The number of nitrogens with one attached hydrogen (secondary N) is 1. The molecule has 0 heterocycles. The van der Waals surface area contributed by atoms with Crippen molar-refractivity contribution in [3.8, 4) is 0 Å². The van der Waals surface area contributed by atoms with Crippen LogP contribution in [0.5, 0.6) is 0 Å². The van der Waals surface area contributed by atoms with Crippen molar-refractivity contribution in [2.24, 2.45) is 0 Å². The zero-order chi connectivity index (χ0) is 14.3. The molecule has 19 heavy (non-hydrogen) atoms. The first-order valence-corrected chi connectivity index (χ1v) is 7.81. The maximum atomic E-state index is 9.49. The lowest BCUT2D eigenvalue weighted by Crippen LogP contribution is -2.34. The SMILES string of the molecule is CCN(CC)CCNC(CO)c1ccc(Br)c(Cl)c1. The molecule has 0 bridgehead atoms. The predicted molar refractivity (Wildman–Crippen MR) is 84.8 cm³/mol. The van der Waals surface area contributed by atoms with Crippen molar-refractivity contribution in [3.63, 3.8) is 0 Å². The van der Waals surface area contributed by atoms with Crippen LogP contribution in [0.2, 0.25) is 5.02 Å². The summed E-state index contributed by atoms with van der Waals surface area (Å²) in [5.41, 5.74) is 1.01. The number of hydrogen-bond acceptors (Lipinski definition) is 3. The first-order chi connectivity index (χ1) is 9.12. The Kier molecular flexibility index (Phi) is 7.95. The van der Waals surface area contributed by atoms with E-state index >= 15 is 0 Å². The van der Waals surface area contributed by atoms with E-state index in [1.165, 1.54) is 0 Å². The molecule has 2 N–H and O–H groups in total. The Morgan fingerprint density at radius 1 is 1.37 bits per heavy atom. The van der Waals surface area contributed by atoms with E-state index in [0.29, 0.717) is 5.02 Å². The fourth-order valence-electron chi connectivity index (χ4n) is 1.95. The van der Waals surface area contributed by atoms with Crippen molar-refractivity contribution in [3.05, 3.63) is 33.3 Å². The summed E-state index contributed by atoms with van der Waals surface area (Å²) in [5.74, 6) is 0. The molecule has 1 unspecified atom stereocenters. The van der Waals surface area contributed by atoms with Crippen LogP contribution in [-0.4, -0.2) is 42.8 Å². The second kappa shape index (κ2) is 8.93. The van der Waals surface area contributed by atoms with Crippen LogP contribution >= 0.6 is 27.5 Å². The van der Waals surface area contributed by atoms with Gasteiger partial charge in [-0.05, 0) is 46.7 Å². The molecule has 1 aromatic carbocycles. The van der Waals surface area contributed by atoms with Gasteiger partial charge in [-0.25, -0.2) is 0 Å². The summed E-state index contributed by atoms with van der Waals surface area (Å²) in [4.78, 5) is 2.34. The highest BCUT2D eigenvalue weighted by Crippen LogP contribution is 2.25. The van der Waals surface area contributed by atoms with Crippen molar-refractivity contribution in [2.75, 3.05) is 32.8 Å². The van der Waals surface area contributed by atoms with Gasteiger partial charge in [0.1, 0.15) is 0 Å². The van der Waals surface area contributed by atoms with Crippen LogP contribution in [0.25, 0.3) is 0 Å². The molecule has 3 nitrogen and oxygen atoms in total. The summed E-state index contributed by atoms with van der Waals surface area (Å²) in [7, 11) is 0. The standard InChI is InChI=1S/C14H22BrClN2O/c1-3-18(4-2)8-7-17-14(10-19)11-5-6-12(15)13(16)9-11/h5-6,9,14,17,19H,3-4,7-8,10H2,1-2H3. The second-order valence-electron chi connectivity index (χ2n) is 4.39. The van der Waals surface area contributed by atoms with Gasteiger partial charge < -0.3 is 15.3 Å². The number of rotatable bonds is 8. The third-order valence-electron chi connectivity index (χ3n) is 3.24. The molecule has 1 rings (SSSR count). The van der Waals surface area contributed by atoms with Crippen LogP contribution in [0.15, 0.2) is 22.7 Å². The number of halogens is 2. The maximum absolute atomic E-state index is 9.49. The average Bonchev–Trinajstić information content (AvgIpc) is 2.42. The zero-order valence-electron chi connectivity index (χ0n) is 11.5. The Labute approximate surface area is 129 Å². The van der Waals surface area contributed by atoms with E-state index in [9.17, 15) is 5.11 Å². The van der Waals surface area contributed by atoms with Crippen molar-refractivity contribution < 1.29 is 5.11 Å². The van der Waals surface area contributed by atoms with Crippen LogP contribution in [0.1, 0.15) is 25.5 Å². The predicted octanol–water partition coefficient (Wildman–Crippen LogP) is 3.07. The molecule has 0 saturated carbocycles. The summed E-state index contributed by atoms with van der Waals surface area (Å²) < 4.78 is 0.873. The van der Waals surface area contributed by atoms with Crippen LogP contribution in [0, 0.1) is 0 Å². The number of likely N-dealkylation sites (N-methyl/N-ethyl adjacent to an activating group) is 1. The number of aliphatic hydroxyl groups excluding tert-OH is 1. The Hall–Kier alpha value is -0.130. The van der Waals surface area contributed by atoms with Crippen LogP contribution in [0.4, 0.5) is 0 Å². The van der Waals surface area contributed by atoms with Gasteiger partial charge in [0, 0.05) is 17.6 Å². The van der Waals surface area contributed by atoms with Gasteiger partial charge in [0.2, 0.25) is 0 Å². The fourth-order valence-corrected chi connectivity index (χ4v) is 2.39. The zero-order valence-corrected chi connectivity index (χ0v) is 13.8. The summed E-state index contributed by atoms with van der Waals surface area (Å²) in [5, 5.41) is 13.5. The molecular weight excluding hydrogens is 328 g/mol. The van der Waals surface area contributed by atoms with E-state index in [1.54, 1.807) is 0 Å². The largest absolute Gasteiger partial charge is 0.394 e. The molecule has 0 aromatic heterocycles. The summed E-state index contributed by atoms with van der Waals surface area (Å²) >= 11 is 9.45. The van der Waals surface area contributed by atoms with Gasteiger partial charge in [0.05, 0.1) is 17.7 Å². The molecule has 0 radical (unpaired) electrons. The molecule has 0 saturated heterocycles. The van der Waals surface area contributed by atoms with Gasteiger partial charge in [-0.2, -0.15) is 0 Å². The molecule has 0 aliphatic rings. The van der Waals surface area contributed by atoms with E-state index in [2.05, 4.69) is 40.0 Å². The van der Waals surface area contributed by atoms with Crippen molar-refractivity contribution >= 4 is 27.5 Å². The lowest BCUT2D eigenvalue weighted by atomic mass is 10.1. The third kappa shape index (κ3) is 5.40. The number of hydrogen-bond donors (Lipinski definition) is 2. The Balaban J connectivity index is 2.55. The highest BCUT2D eigenvalue weighted by Gasteiger charge is 2.11. The van der Waals surface area contributed by atoms with Gasteiger partial charge in [0.25, 0.3) is 0 Å². The number of benzene rings is 1. The van der Waals surface area contributed by atoms with Crippen molar-refractivity contribution in [1.82, 2.24) is 10.2 Å². The summed E-state index contributed by atoms with van der Waals surface area (Å²) in [6.45, 7) is 8.30. The normalized spacial score (nSPS) is 12.9. The lowest BCUT2D eigenvalue weighted by molar-refractivity contribution is 0.233. The van der Waals surface area contributed by atoms with Crippen LogP contribution < -0.4 is 5.32 Å². The van der Waals surface area contributed by atoms with E-state index in [0.717, 1.165) is 36.2 Å². The molecular formula is C14H22BrClN2O. The Bertz CT molecular complexity index is 386. The molecule has 0 aliphatic heterocycles. The molecule has 0 amide bonds. The Morgan fingerprint density at radius 2 is 2.05 bits per heavy atom. The lowest BCUT2D eigenvalue weighted by Gasteiger charge is -2.22. The highest BCUT2D eigenvalue weighted by molar-refractivity contribution is 9.10. The van der Waals surface area contributed by atoms with Gasteiger partial charge in [-0.15, -0.1) is 0 Å². The van der Waals surface area contributed by atoms with Crippen molar-refractivity contribution in [1.29, 1.82) is 0 Å². The quantitative estimate of drug-likeness (QED) is 0.757. The molecule has 108 valence electrons. The maximum Gasteiger partial charge on any atom is 0.0626 e. The van der Waals surface area contributed by atoms with E-state index in [4.69, 9.17) is 11.6 Å². The summed E-state index contributed by atoms with van der Waals surface area (Å²) in [6, 6.07) is 5.70. The smallest absolute Gasteiger partial charge is 0.0626 e.